The lowest BCUT2D eigenvalue weighted by atomic mass is 10.1. The third-order valence-electron chi connectivity index (χ3n) is 2.72. The third kappa shape index (κ3) is 3.19. The number of H-pyrrole nitrogens is 1. The smallest absolute Gasteiger partial charge is 0.343 e. The number of hydrogen-bond donors (Lipinski definition) is 1. The summed E-state index contributed by atoms with van der Waals surface area (Å²) < 4.78 is 15.1. The molecular weight excluding hydrogens is 274 g/mol. The number of aromatic nitrogens is 3. The molecule has 7 nitrogen and oxygen atoms in total. The maximum absolute atomic E-state index is 11.9. The van der Waals surface area contributed by atoms with Crippen LogP contribution in [0.15, 0.2) is 18.5 Å². The molecule has 0 aromatic carbocycles. The molecule has 0 spiro atoms. The Bertz CT molecular complexity index is 650. The Morgan fingerprint density at radius 2 is 2.05 bits per heavy atom. The van der Waals surface area contributed by atoms with Gasteiger partial charge in [-0.1, -0.05) is 0 Å². The van der Waals surface area contributed by atoms with Gasteiger partial charge in [-0.2, -0.15) is 0 Å². The quantitative estimate of drug-likeness (QED) is 0.844. The molecule has 0 aliphatic carbocycles. The molecule has 110 valence electrons. The van der Waals surface area contributed by atoms with Gasteiger partial charge in [0.05, 0.1) is 27.0 Å². The number of carbonyl (C=O) groups is 1. The molecule has 0 atom stereocenters. The highest BCUT2D eigenvalue weighted by Crippen LogP contribution is 2.27. The van der Waals surface area contributed by atoms with Gasteiger partial charge in [-0.25, -0.2) is 14.8 Å². The van der Waals surface area contributed by atoms with Gasteiger partial charge in [0, 0.05) is 18.5 Å². The lowest BCUT2D eigenvalue weighted by Crippen LogP contribution is -2.09. The second-order valence-electron chi connectivity index (χ2n) is 3.93. The zero-order valence-electron chi connectivity index (χ0n) is 11.9. The van der Waals surface area contributed by atoms with Crippen molar-refractivity contribution in [3.63, 3.8) is 0 Å². The summed E-state index contributed by atoms with van der Waals surface area (Å²) in [4.78, 5) is 23.2. The molecule has 21 heavy (non-hydrogen) atoms. The number of ether oxygens (including phenoxy) is 3. The van der Waals surface area contributed by atoms with E-state index in [1.165, 1.54) is 27.4 Å². The predicted molar refractivity (Wildman–Crippen MR) is 76.2 cm³/mol. The van der Waals surface area contributed by atoms with Crippen molar-refractivity contribution >= 4 is 18.1 Å². The number of nitrogens with one attached hydrogen (secondary N) is 1. The van der Waals surface area contributed by atoms with Crippen LogP contribution in [0, 0.1) is 0 Å². The molecule has 2 aromatic rings. The second kappa shape index (κ2) is 6.56. The lowest BCUT2D eigenvalue weighted by Gasteiger charge is -2.11. The van der Waals surface area contributed by atoms with Crippen LogP contribution in [0.5, 0.6) is 11.6 Å². The summed E-state index contributed by atoms with van der Waals surface area (Å²) in [5.74, 6) is 0.752. The predicted octanol–water partition coefficient (Wildman–Crippen LogP) is 1.78. The SMILES string of the molecule is COC(=O)c1c(OC)cc(OC)nc1/C=C/c1ncc[nH]1. The van der Waals surface area contributed by atoms with Crippen LogP contribution in [0.3, 0.4) is 0 Å². The third-order valence-corrected chi connectivity index (χ3v) is 2.72. The molecule has 0 amide bonds. The van der Waals surface area contributed by atoms with Crippen molar-refractivity contribution < 1.29 is 19.0 Å². The van der Waals surface area contributed by atoms with E-state index in [0.29, 0.717) is 23.1 Å². The highest BCUT2D eigenvalue weighted by atomic mass is 16.5. The van der Waals surface area contributed by atoms with Crippen LogP contribution in [0.1, 0.15) is 21.9 Å². The van der Waals surface area contributed by atoms with E-state index in [4.69, 9.17) is 14.2 Å². The molecule has 0 fully saturated rings. The molecule has 0 saturated heterocycles. The molecule has 2 aromatic heterocycles. The molecule has 0 saturated carbocycles. The number of methoxy groups -OCH3 is 3. The molecule has 0 unspecified atom stereocenters. The number of nitrogens with zero attached hydrogens (tertiary/aromatic N) is 2. The van der Waals surface area contributed by atoms with Crippen molar-refractivity contribution in [3.05, 3.63) is 35.5 Å². The summed E-state index contributed by atoms with van der Waals surface area (Å²) in [5.41, 5.74) is 0.595. The summed E-state index contributed by atoms with van der Waals surface area (Å²) in [6, 6.07) is 1.52. The van der Waals surface area contributed by atoms with Crippen molar-refractivity contribution in [1.82, 2.24) is 15.0 Å². The first-order valence-corrected chi connectivity index (χ1v) is 6.08. The fraction of sp³-hybridized carbons (Fsp3) is 0.214. The van der Waals surface area contributed by atoms with E-state index in [1.807, 2.05) is 0 Å². The maximum Gasteiger partial charge on any atom is 0.343 e. The van der Waals surface area contributed by atoms with Gasteiger partial charge >= 0.3 is 5.97 Å². The zero-order valence-corrected chi connectivity index (χ0v) is 11.9. The molecule has 0 aliphatic rings. The van der Waals surface area contributed by atoms with Gasteiger partial charge in [0.25, 0.3) is 0 Å². The summed E-state index contributed by atoms with van der Waals surface area (Å²) in [5, 5.41) is 0. The molecular formula is C14H15N3O4. The van der Waals surface area contributed by atoms with E-state index in [2.05, 4.69) is 15.0 Å². The Hall–Kier alpha value is -2.83. The molecule has 0 bridgehead atoms. The number of hydrogen-bond acceptors (Lipinski definition) is 6. The van der Waals surface area contributed by atoms with Crippen LogP contribution >= 0.6 is 0 Å². The number of imidazole rings is 1. The highest BCUT2D eigenvalue weighted by Gasteiger charge is 2.20. The van der Waals surface area contributed by atoms with Gasteiger partial charge in [0.1, 0.15) is 17.1 Å². The van der Waals surface area contributed by atoms with Crippen molar-refractivity contribution in [3.8, 4) is 11.6 Å². The van der Waals surface area contributed by atoms with Crippen LogP contribution in [-0.4, -0.2) is 42.3 Å². The molecule has 0 radical (unpaired) electrons. The van der Waals surface area contributed by atoms with E-state index >= 15 is 0 Å². The van der Waals surface area contributed by atoms with Gasteiger partial charge in [-0.3, -0.25) is 0 Å². The maximum atomic E-state index is 11.9. The van der Waals surface area contributed by atoms with Crippen molar-refractivity contribution in [2.75, 3.05) is 21.3 Å². The first-order valence-electron chi connectivity index (χ1n) is 6.08. The summed E-state index contributed by atoms with van der Waals surface area (Å²) in [7, 11) is 4.24. The minimum absolute atomic E-state index is 0.226. The lowest BCUT2D eigenvalue weighted by molar-refractivity contribution is 0.0596. The Balaban J connectivity index is 2.52. The number of esters is 1. The second-order valence-corrected chi connectivity index (χ2v) is 3.93. The van der Waals surface area contributed by atoms with Crippen LogP contribution in [0.25, 0.3) is 12.2 Å². The standard InChI is InChI=1S/C14H15N3O4/c1-19-10-8-12(20-2)17-9(13(10)14(18)21-3)4-5-11-15-6-7-16-11/h4-8H,1-3H3,(H,15,16)/b5-4+. The first kappa shape index (κ1) is 14.6. The largest absolute Gasteiger partial charge is 0.496 e. The summed E-state index contributed by atoms with van der Waals surface area (Å²) in [6.07, 6.45) is 6.64. The van der Waals surface area contributed by atoms with E-state index in [9.17, 15) is 4.79 Å². The molecule has 2 heterocycles. The average molecular weight is 289 g/mol. The minimum Gasteiger partial charge on any atom is -0.496 e. The molecule has 1 N–H and O–H groups in total. The first-order chi connectivity index (χ1) is 10.2. The van der Waals surface area contributed by atoms with Gasteiger partial charge in [0.15, 0.2) is 0 Å². The van der Waals surface area contributed by atoms with Gasteiger partial charge in [-0.15, -0.1) is 0 Å². The van der Waals surface area contributed by atoms with Crippen LogP contribution in [-0.2, 0) is 4.74 Å². The van der Waals surface area contributed by atoms with Gasteiger partial charge in [-0.05, 0) is 12.2 Å². The Kier molecular flexibility index (Phi) is 4.55. The Labute approximate surface area is 121 Å². The molecule has 2 rings (SSSR count). The normalized spacial score (nSPS) is 10.6. The number of carbonyl (C=O) groups excluding carboxylic acids is 1. The zero-order chi connectivity index (χ0) is 15.2. The Morgan fingerprint density at radius 1 is 1.24 bits per heavy atom. The van der Waals surface area contributed by atoms with Crippen LogP contribution < -0.4 is 9.47 Å². The topological polar surface area (TPSA) is 86.3 Å². The van der Waals surface area contributed by atoms with Gasteiger partial charge in [0.2, 0.25) is 5.88 Å². The van der Waals surface area contributed by atoms with Crippen LogP contribution in [0.4, 0.5) is 0 Å². The van der Waals surface area contributed by atoms with E-state index in [1.54, 1.807) is 24.5 Å². The van der Waals surface area contributed by atoms with Gasteiger partial charge < -0.3 is 19.2 Å². The number of pyridine rings is 1. The fourth-order valence-corrected chi connectivity index (χ4v) is 1.74. The van der Waals surface area contributed by atoms with E-state index in [0.717, 1.165) is 0 Å². The van der Waals surface area contributed by atoms with Crippen LogP contribution in [0.2, 0.25) is 0 Å². The van der Waals surface area contributed by atoms with E-state index < -0.39 is 5.97 Å². The molecule has 7 heteroatoms. The van der Waals surface area contributed by atoms with Crippen molar-refractivity contribution in [1.29, 1.82) is 0 Å². The monoisotopic (exact) mass is 289 g/mol. The number of aromatic amines is 1. The van der Waals surface area contributed by atoms with Crippen molar-refractivity contribution in [2.45, 2.75) is 0 Å². The fourth-order valence-electron chi connectivity index (χ4n) is 1.74. The minimum atomic E-state index is -0.541. The Morgan fingerprint density at radius 3 is 2.62 bits per heavy atom. The molecule has 0 aliphatic heterocycles. The van der Waals surface area contributed by atoms with E-state index in [-0.39, 0.29) is 5.56 Å². The highest BCUT2D eigenvalue weighted by molar-refractivity contribution is 5.96. The number of rotatable bonds is 5. The summed E-state index contributed by atoms with van der Waals surface area (Å²) in [6.45, 7) is 0. The average Bonchev–Trinajstić information content (AvgIpc) is 3.04. The van der Waals surface area contributed by atoms with Crippen molar-refractivity contribution in [2.24, 2.45) is 0 Å². The summed E-state index contributed by atoms with van der Waals surface area (Å²) >= 11 is 0.